The molecule has 0 aliphatic rings. The Kier molecular flexibility index (Phi) is 5.46. The van der Waals surface area contributed by atoms with Crippen molar-refractivity contribution in [3.63, 3.8) is 0 Å². The van der Waals surface area contributed by atoms with Gasteiger partial charge in [-0.1, -0.05) is 0 Å². The third kappa shape index (κ3) is 4.49. The number of halogens is 2. The number of nitrogens with one attached hydrogen (secondary N) is 2. The topological polar surface area (TPSA) is 93.4 Å². The SMILES string of the molecule is O=C(NCCOc1ccc2nnc(-c3ccc(F)cc3)n2n1)Nc1ccc(F)cc1. The molecule has 0 radical (unpaired) electrons. The van der Waals surface area contributed by atoms with Gasteiger partial charge >= 0.3 is 6.03 Å². The van der Waals surface area contributed by atoms with Crippen molar-refractivity contribution in [1.29, 1.82) is 0 Å². The summed E-state index contributed by atoms with van der Waals surface area (Å²) in [5, 5.41) is 17.7. The second kappa shape index (κ2) is 8.52. The number of amides is 2. The largest absolute Gasteiger partial charge is 0.475 e. The molecular formula is C20H16F2N6O2. The molecule has 0 saturated carbocycles. The molecule has 2 aromatic carbocycles. The first kappa shape index (κ1) is 19.2. The number of fused-ring (bicyclic) bond motifs is 1. The normalized spacial score (nSPS) is 10.7. The van der Waals surface area contributed by atoms with Gasteiger partial charge in [-0.25, -0.2) is 13.6 Å². The van der Waals surface area contributed by atoms with Gasteiger partial charge in [0, 0.05) is 17.3 Å². The van der Waals surface area contributed by atoms with Crippen molar-refractivity contribution in [3.8, 4) is 17.3 Å². The molecule has 4 rings (SSSR count). The fraction of sp³-hybridized carbons (Fsp3) is 0.100. The summed E-state index contributed by atoms with van der Waals surface area (Å²) in [6, 6.07) is 14.2. The lowest BCUT2D eigenvalue weighted by atomic mass is 10.2. The average molecular weight is 410 g/mol. The Morgan fingerprint density at radius 2 is 1.63 bits per heavy atom. The lowest BCUT2D eigenvalue weighted by Gasteiger charge is -2.09. The summed E-state index contributed by atoms with van der Waals surface area (Å²) in [5.41, 5.74) is 1.65. The minimum Gasteiger partial charge on any atom is -0.475 e. The van der Waals surface area contributed by atoms with E-state index in [0.717, 1.165) is 0 Å². The molecule has 0 aliphatic carbocycles. The van der Waals surface area contributed by atoms with Crippen molar-refractivity contribution in [3.05, 3.63) is 72.3 Å². The van der Waals surface area contributed by atoms with Gasteiger partial charge in [0.2, 0.25) is 5.88 Å². The second-order valence-corrected chi connectivity index (χ2v) is 6.21. The number of carbonyl (C=O) groups is 1. The van der Waals surface area contributed by atoms with Crippen LogP contribution in [0.2, 0.25) is 0 Å². The summed E-state index contributed by atoms with van der Waals surface area (Å²) in [7, 11) is 0. The number of hydrogen-bond donors (Lipinski definition) is 2. The third-order valence-corrected chi connectivity index (χ3v) is 4.08. The molecular weight excluding hydrogens is 394 g/mol. The summed E-state index contributed by atoms with van der Waals surface area (Å²) >= 11 is 0. The zero-order valence-corrected chi connectivity index (χ0v) is 15.5. The van der Waals surface area contributed by atoms with Crippen LogP contribution in [0.5, 0.6) is 5.88 Å². The van der Waals surface area contributed by atoms with E-state index in [1.54, 1.807) is 24.3 Å². The Morgan fingerprint density at radius 1 is 0.933 bits per heavy atom. The number of ether oxygens (including phenoxy) is 1. The van der Waals surface area contributed by atoms with Gasteiger partial charge in [-0.3, -0.25) is 0 Å². The molecule has 0 bridgehead atoms. The first-order chi connectivity index (χ1) is 14.6. The van der Waals surface area contributed by atoms with Crippen molar-refractivity contribution in [2.45, 2.75) is 0 Å². The zero-order valence-electron chi connectivity index (χ0n) is 15.5. The van der Waals surface area contributed by atoms with Crippen LogP contribution in [0.3, 0.4) is 0 Å². The van der Waals surface area contributed by atoms with E-state index in [4.69, 9.17) is 4.74 Å². The van der Waals surface area contributed by atoms with Crippen LogP contribution < -0.4 is 15.4 Å². The van der Waals surface area contributed by atoms with Gasteiger partial charge in [-0.15, -0.1) is 15.3 Å². The van der Waals surface area contributed by atoms with Gasteiger partial charge in [0.05, 0.1) is 6.54 Å². The predicted octanol–water partition coefficient (Wildman–Crippen LogP) is 3.27. The minimum absolute atomic E-state index is 0.170. The lowest BCUT2D eigenvalue weighted by molar-refractivity contribution is 0.246. The van der Waals surface area contributed by atoms with Crippen molar-refractivity contribution < 1.29 is 18.3 Å². The molecule has 0 unspecified atom stereocenters. The molecule has 4 aromatic rings. The molecule has 2 N–H and O–H groups in total. The van der Waals surface area contributed by atoms with E-state index in [2.05, 4.69) is 25.9 Å². The van der Waals surface area contributed by atoms with Crippen LogP contribution in [0.1, 0.15) is 0 Å². The van der Waals surface area contributed by atoms with Crippen LogP contribution in [0.15, 0.2) is 60.7 Å². The van der Waals surface area contributed by atoms with E-state index in [0.29, 0.717) is 28.6 Å². The molecule has 10 heteroatoms. The number of carbonyl (C=O) groups excluding carboxylic acids is 1. The summed E-state index contributed by atoms with van der Waals surface area (Å²) in [5.74, 6) is 0.0358. The van der Waals surface area contributed by atoms with Crippen LogP contribution in [0.4, 0.5) is 19.3 Å². The molecule has 0 saturated heterocycles. The lowest BCUT2D eigenvalue weighted by Crippen LogP contribution is -2.32. The molecule has 0 aliphatic heterocycles. The number of anilines is 1. The zero-order chi connectivity index (χ0) is 20.9. The van der Waals surface area contributed by atoms with Crippen LogP contribution in [0.25, 0.3) is 17.0 Å². The van der Waals surface area contributed by atoms with Crippen molar-refractivity contribution in [2.75, 3.05) is 18.5 Å². The van der Waals surface area contributed by atoms with E-state index in [-0.39, 0.29) is 24.8 Å². The summed E-state index contributed by atoms with van der Waals surface area (Å²) < 4.78 is 33.1. The van der Waals surface area contributed by atoms with E-state index < -0.39 is 6.03 Å². The number of aromatic nitrogens is 4. The van der Waals surface area contributed by atoms with E-state index in [9.17, 15) is 13.6 Å². The standard InChI is InChI=1S/C20H16F2N6O2/c21-14-3-1-13(2-4-14)19-26-25-17-9-10-18(27-28(17)19)30-12-11-23-20(29)24-16-7-5-15(22)6-8-16/h1-10H,11-12H2,(H2,23,24,29). The Hall–Kier alpha value is -4.08. The Balaban J connectivity index is 1.34. The molecule has 0 atom stereocenters. The van der Waals surface area contributed by atoms with Crippen LogP contribution in [0, 0.1) is 11.6 Å². The van der Waals surface area contributed by atoms with Crippen LogP contribution in [-0.2, 0) is 0 Å². The molecule has 30 heavy (non-hydrogen) atoms. The van der Waals surface area contributed by atoms with Gasteiger partial charge in [-0.05, 0) is 54.6 Å². The fourth-order valence-electron chi connectivity index (χ4n) is 2.66. The Labute approximate surface area is 169 Å². The van der Waals surface area contributed by atoms with Crippen molar-refractivity contribution in [2.24, 2.45) is 0 Å². The molecule has 8 nitrogen and oxygen atoms in total. The highest BCUT2D eigenvalue weighted by molar-refractivity contribution is 5.89. The van der Waals surface area contributed by atoms with Crippen LogP contribution in [-0.4, -0.2) is 39.0 Å². The summed E-state index contributed by atoms with van der Waals surface area (Å²) in [6.45, 7) is 0.392. The van der Waals surface area contributed by atoms with E-state index in [1.165, 1.54) is 40.9 Å². The maximum atomic E-state index is 13.1. The Bertz CT molecular complexity index is 1160. The molecule has 2 aromatic heterocycles. The minimum atomic E-state index is -0.439. The van der Waals surface area contributed by atoms with Crippen molar-refractivity contribution in [1.82, 2.24) is 25.1 Å². The highest BCUT2D eigenvalue weighted by Gasteiger charge is 2.11. The van der Waals surface area contributed by atoms with Gasteiger partial charge in [0.15, 0.2) is 11.5 Å². The molecule has 152 valence electrons. The first-order valence-electron chi connectivity index (χ1n) is 9.00. The molecule has 2 amide bonds. The Morgan fingerprint density at radius 3 is 2.37 bits per heavy atom. The number of nitrogens with zero attached hydrogens (tertiary/aromatic N) is 4. The molecule has 0 spiro atoms. The highest BCUT2D eigenvalue weighted by atomic mass is 19.1. The fourth-order valence-corrected chi connectivity index (χ4v) is 2.66. The van der Waals surface area contributed by atoms with Crippen molar-refractivity contribution >= 4 is 17.4 Å². The smallest absolute Gasteiger partial charge is 0.319 e. The number of urea groups is 1. The molecule has 2 heterocycles. The van der Waals surface area contributed by atoms with E-state index in [1.807, 2.05) is 0 Å². The number of hydrogen-bond acceptors (Lipinski definition) is 5. The van der Waals surface area contributed by atoms with Gasteiger partial charge in [0.25, 0.3) is 0 Å². The quantitative estimate of drug-likeness (QED) is 0.476. The molecule has 0 fully saturated rings. The van der Waals surface area contributed by atoms with Gasteiger partial charge < -0.3 is 15.4 Å². The summed E-state index contributed by atoms with van der Waals surface area (Å²) in [6.07, 6.45) is 0. The van der Waals surface area contributed by atoms with E-state index >= 15 is 0 Å². The van der Waals surface area contributed by atoms with Gasteiger partial charge in [-0.2, -0.15) is 4.52 Å². The third-order valence-electron chi connectivity index (χ3n) is 4.08. The summed E-state index contributed by atoms with van der Waals surface area (Å²) in [4.78, 5) is 11.8. The second-order valence-electron chi connectivity index (χ2n) is 6.21. The first-order valence-corrected chi connectivity index (χ1v) is 9.00. The highest BCUT2D eigenvalue weighted by Crippen LogP contribution is 2.19. The number of benzene rings is 2. The average Bonchev–Trinajstić information content (AvgIpc) is 3.17. The monoisotopic (exact) mass is 410 g/mol. The number of rotatable bonds is 6. The predicted molar refractivity (Wildman–Crippen MR) is 105 cm³/mol. The maximum Gasteiger partial charge on any atom is 0.319 e. The maximum absolute atomic E-state index is 13.1. The van der Waals surface area contributed by atoms with Crippen LogP contribution >= 0.6 is 0 Å². The van der Waals surface area contributed by atoms with Gasteiger partial charge in [0.1, 0.15) is 18.2 Å².